The topological polar surface area (TPSA) is 79.0 Å². The first-order chi connectivity index (χ1) is 13.1. The highest BCUT2D eigenvalue weighted by Crippen LogP contribution is 2.09. The van der Waals surface area contributed by atoms with Crippen molar-refractivity contribution in [2.24, 2.45) is 0 Å². The molecule has 0 N–H and O–H groups in total. The number of carbonyl (C=O) groups excluding carboxylic acids is 1. The SMILES string of the molecule is CCCN(Cc1ccc(C#N)cc1)C(=O)Cn1cnc2ccccc2c1=O. The number of rotatable bonds is 6. The zero-order valence-electron chi connectivity index (χ0n) is 15.1. The molecule has 6 nitrogen and oxygen atoms in total. The monoisotopic (exact) mass is 360 g/mol. The standard InChI is InChI=1S/C21H20N4O2/c1-2-11-24(13-17-9-7-16(12-22)8-10-17)20(26)14-25-15-23-19-6-4-3-5-18(19)21(25)27/h3-10,15H,2,11,13-14H2,1H3. The average Bonchev–Trinajstić information content (AvgIpc) is 2.70. The molecule has 27 heavy (non-hydrogen) atoms. The highest BCUT2D eigenvalue weighted by atomic mass is 16.2. The third kappa shape index (κ3) is 4.21. The summed E-state index contributed by atoms with van der Waals surface area (Å²) in [7, 11) is 0. The number of benzene rings is 2. The Kier molecular flexibility index (Phi) is 5.62. The minimum atomic E-state index is -0.219. The van der Waals surface area contributed by atoms with E-state index in [1.807, 2.05) is 25.1 Å². The van der Waals surface area contributed by atoms with Crippen molar-refractivity contribution >= 4 is 16.8 Å². The summed E-state index contributed by atoms with van der Waals surface area (Å²) in [5.74, 6) is -0.139. The van der Waals surface area contributed by atoms with E-state index in [-0.39, 0.29) is 18.0 Å². The molecule has 0 aliphatic carbocycles. The zero-order valence-corrected chi connectivity index (χ0v) is 15.1. The van der Waals surface area contributed by atoms with E-state index < -0.39 is 0 Å². The van der Waals surface area contributed by atoms with Gasteiger partial charge in [0.05, 0.1) is 28.9 Å². The summed E-state index contributed by atoms with van der Waals surface area (Å²) in [4.78, 5) is 31.4. The van der Waals surface area contributed by atoms with E-state index in [1.54, 1.807) is 35.2 Å². The van der Waals surface area contributed by atoms with Crippen LogP contribution >= 0.6 is 0 Å². The van der Waals surface area contributed by atoms with Gasteiger partial charge in [-0.05, 0) is 36.2 Å². The van der Waals surface area contributed by atoms with Crippen LogP contribution in [-0.4, -0.2) is 26.9 Å². The van der Waals surface area contributed by atoms with E-state index in [0.29, 0.717) is 29.6 Å². The normalized spacial score (nSPS) is 10.5. The van der Waals surface area contributed by atoms with Crippen LogP contribution in [0.5, 0.6) is 0 Å². The molecule has 3 rings (SSSR count). The molecule has 0 saturated heterocycles. The van der Waals surface area contributed by atoms with E-state index in [1.165, 1.54) is 10.9 Å². The average molecular weight is 360 g/mol. The highest BCUT2D eigenvalue weighted by Gasteiger charge is 2.15. The molecule has 0 fully saturated rings. The number of para-hydroxylation sites is 1. The summed E-state index contributed by atoms with van der Waals surface area (Å²) in [5, 5.41) is 9.40. The summed E-state index contributed by atoms with van der Waals surface area (Å²) in [6.07, 6.45) is 2.24. The van der Waals surface area contributed by atoms with Crippen molar-refractivity contribution in [3.05, 3.63) is 76.3 Å². The number of nitriles is 1. The van der Waals surface area contributed by atoms with Crippen LogP contribution in [0.3, 0.4) is 0 Å². The van der Waals surface area contributed by atoms with Crippen LogP contribution in [0.25, 0.3) is 10.9 Å². The molecule has 136 valence electrons. The van der Waals surface area contributed by atoms with E-state index in [4.69, 9.17) is 5.26 Å². The second-order valence-electron chi connectivity index (χ2n) is 6.32. The molecule has 0 aliphatic rings. The Morgan fingerprint density at radius 3 is 2.63 bits per heavy atom. The summed E-state index contributed by atoms with van der Waals surface area (Å²) in [6.45, 7) is 2.98. The Bertz CT molecular complexity index is 1050. The molecule has 3 aromatic rings. The van der Waals surface area contributed by atoms with Crippen molar-refractivity contribution in [3.8, 4) is 6.07 Å². The van der Waals surface area contributed by atoms with E-state index in [0.717, 1.165) is 12.0 Å². The van der Waals surface area contributed by atoms with Crippen molar-refractivity contribution in [1.29, 1.82) is 5.26 Å². The number of amides is 1. The highest BCUT2D eigenvalue weighted by molar-refractivity contribution is 5.79. The second kappa shape index (κ2) is 8.28. The van der Waals surface area contributed by atoms with E-state index >= 15 is 0 Å². The molecule has 0 atom stereocenters. The number of aromatic nitrogens is 2. The quantitative estimate of drug-likeness (QED) is 0.677. The number of hydrogen-bond donors (Lipinski definition) is 0. The molecule has 1 heterocycles. The molecule has 0 unspecified atom stereocenters. The maximum Gasteiger partial charge on any atom is 0.261 e. The fraction of sp³-hybridized carbons (Fsp3) is 0.238. The molecular weight excluding hydrogens is 340 g/mol. The van der Waals surface area contributed by atoms with Gasteiger partial charge in [0.15, 0.2) is 0 Å². The van der Waals surface area contributed by atoms with Crippen molar-refractivity contribution < 1.29 is 4.79 Å². The smallest absolute Gasteiger partial charge is 0.261 e. The van der Waals surface area contributed by atoms with Crippen LogP contribution in [0, 0.1) is 11.3 Å². The summed E-state index contributed by atoms with van der Waals surface area (Å²) < 4.78 is 1.35. The molecule has 0 bridgehead atoms. The van der Waals surface area contributed by atoms with Crippen LogP contribution < -0.4 is 5.56 Å². The van der Waals surface area contributed by atoms with Crippen LogP contribution in [0.1, 0.15) is 24.5 Å². The van der Waals surface area contributed by atoms with Crippen LogP contribution in [0.4, 0.5) is 0 Å². The lowest BCUT2D eigenvalue weighted by atomic mass is 10.1. The van der Waals surface area contributed by atoms with Crippen molar-refractivity contribution in [3.63, 3.8) is 0 Å². The van der Waals surface area contributed by atoms with Gasteiger partial charge in [-0.3, -0.25) is 14.2 Å². The van der Waals surface area contributed by atoms with Crippen molar-refractivity contribution in [2.75, 3.05) is 6.54 Å². The number of hydrogen-bond acceptors (Lipinski definition) is 4. The van der Waals surface area contributed by atoms with Crippen LogP contribution in [-0.2, 0) is 17.9 Å². The van der Waals surface area contributed by atoms with E-state index in [2.05, 4.69) is 11.1 Å². The third-order valence-electron chi connectivity index (χ3n) is 4.34. The lowest BCUT2D eigenvalue weighted by Gasteiger charge is -2.22. The molecule has 1 amide bonds. The minimum absolute atomic E-state index is 0.0487. The van der Waals surface area contributed by atoms with Crippen molar-refractivity contribution in [1.82, 2.24) is 14.5 Å². The number of carbonyl (C=O) groups is 1. The molecule has 6 heteroatoms. The lowest BCUT2D eigenvalue weighted by Crippen LogP contribution is -2.36. The summed E-state index contributed by atoms with van der Waals surface area (Å²) in [6, 6.07) is 16.3. The molecule has 1 aromatic heterocycles. The summed E-state index contributed by atoms with van der Waals surface area (Å²) >= 11 is 0. The van der Waals surface area contributed by atoms with Gasteiger partial charge in [-0.1, -0.05) is 31.2 Å². The summed E-state index contributed by atoms with van der Waals surface area (Å²) in [5.41, 5.74) is 1.93. The Balaban J connectivity index is 1.80. The van der Waals surface area contributed by atoms with Gasteiger partial charge in [0, 0.05) is 13.1 Å². The predicted molar refractivity (Wildman–Crippen MR) is 103 cm³/mol. The van der Waals surface area contributed by atoms with Gasteiger partial charge in [-0.15, -0.1) is 0 Å². The molecule has 0 saturated carbocycles. The second-order valence-corrected chi connectivity index (χ2v) is 6.32. The van der Waals surface area contributed by atoms with Gasteiger partial charge < -0.3 is 4.90 Å². The van der Waals surface area contributed by atoms with E-state index in [9.17, 15) is 9.59 Å². The van der Waals surface area contributed by atoms with Gasteiger partial charge in [-0.25, -0.2) is 4.98 Å². The Hall–Kier alpha value is -3.46. The number of fused-ring (bicyclic) bond motifs is 1. The van der Waals surface area contributed by atoms with Gasteiger partial charge in [0.25, 0.3) is 5.56 Å². The first-order valence-corrected chi connectivity index (χ1v) is 8.83. The molecule has 0 aliphatic heterocycles. The van der Waals surface area contributed by atoms with Crippen LogP contribution in [0.2, 0.25) is 0 Å². The van der Waals surface area contributed by atoms with Gasteiger partial charge in [-0.2, -0.15) is 5.26 Å². The Morgan fingerprint density at radius 1 is 1.19 bits per heavy atom. The number of nitrogens with zero attached hydrogens (tertiary/aromatic N) is 4. The fourth-order valence-corrected chi connectivity index (χ4v) is 2.93. The zero-order chi connectivity index (χ0) is 19.2. The largest absolute Gasteiger partial charge is 0.337 e. The first kappa shape index (κ1) is 18.3. The molecule has 0 radical (unpaired) electrons. The van der Waals surface area contributed by atoms with Gasteiger partial charge in [0.2, 0.25) is 5.91 Å². The maximum absolute atomic E-state index is 12.8. The molecule has 2 aromatic carbocycles. The third-order valence-corrected chi connectivity index (χ3v) is 4.34. The van der Waals surface area contributed by atoms with Crippen molar-refractivity contribution in [2.45, 2.75) is 26.4 Å². The predicted octanol–water partition coefficient (Wildman–Crippen LogP) is 2.71. The fourth-order valence-electron chi connectivity index (χ4n) is 2.93. The Morgan fingerprint density at radius 2 is 1.93 bits per heavy atom. The lowest BCUT2D eigenvalue weighted by molar-refractivity contribution is -0.132. The minimum Gasteiger partial charge on any atom is -0.337 e. The molecular formula is C21H20N4O2. The van der Waals surface area contributed by atoms with Gasteiger partial charge in [0.1, 0.15) is 6.54 Å². The van der Waals surface area contributed by atoms with Gasteiger partial charge >= 0.3 is 0 Å². The Labute approximate surface area is 157 Å². The first-order valence-electron chi connectivity index (χ1n) is 8.83. The maximum atomic E-state index is 12.8. The molecule has 0 spiro atoms. The van der Waals surface area contributed by atoms with Crippen LogP contribution in [0.15, 0.2) is 59.7 Å².